The molecule has 3 aromatic rings. The van der Waals surface area contributed by atoms with Crippen LogP contribution in [0, 0.1) is 6.92 Å². The Bertz CT molecular complexity index is 1110. The monoisotopic (exact) mass is 440 g/mol. The Balaban J connectivity index is 1.52. The van der Waals surface area contributed by atoms with Crippen molar-refractivity contribution >= 4 is 27.3 Å². The number of anilines is 2. The van der Waals surface area contributed by atoms with Crippen LogP contribution in [0.3, 0.4) is 0 Å². The molecule has 0 heterocycles. The second-order valence-corrected chi connectivity index (χ2v) is 8.50. The fourth-order valence-corrected chi connectivity index (χ4v) is 3.77. The lowest BCUT2D eigenvalue weighted by Crippen LogP contribution is -2.16. The molecule has 0 unspecified atom stereocenters. The predicted molar refractivity (Wildman–Crippen MR) is 120 cm³/mol. The SMILES string of the molecule is COc1ccc(NS(=O)(=O)c2ccc(NC(=O)CCOc3ccc(C)cc3)cc2)cc1. The first-order chi connectivity index (χ1) is 14.9. The highest BCUT2D eigenvalue weighted by Gasteiger charge is 2.14. The van der Waals surface area contributed by atoms with Gasteiger partial charge in [0.2, 0.25) is 5.91 Å². The Morgan fingerprint density at radius 3 is 2.03 bits per heavy atom. The first-order valence-corrected chi connectivity index (χ1v) is 11.1. The maximum absolute atomic E-state index is 12.5. The van der Waals surface area contributed by atoms with Gasteiger partial charge in [0.15, 0.2) is 0 Å². The Labute approximate surface area is 182 Å². The summed E-state index contributed by atoms with van der Waals surface area (Å²) in [5, 5.41) is 2.73. The van der Waals surface area contributed by atoms with Crippen molar-refractivity contribution in [2.24, 2.45) is 0 Å². The van der Waals surface area contributed by atoms with Gasteiger partial charge < -0.3 is 14.8 Å². The molecule has 0 aromatic heterocycles. The molecule has 8 heteroatoms. The standard InChI is InChI=1S/C23H24N2O5S/c1-17-3-9-21(10-4-17)30-16-15-23(26)24-18-7-13-22(14-8-18)31(27,28)25-19-5-11-20(29-2)12-6-19/h3-14,25H,15-16H2,1-2H3,(H,24,26). The summed E-state index contributed by atoms with van der Waals surface area (Å²) in [5.74, 6) is 1.11. The number of hydrogen-bond acceptors (Lipinski definition) is 5. The molecule has 31 heavy (non-hydrogen) atoms. The molecule has 0 spiro atoms. The van der Waals surface area contributed by atoms with E-state index in [9.17, 15) is 13.2 Å². The molecule has 0 aliphatic heterocycles. The maximum Gasteiger partial charge on any atom is 0.261 e. The van der Waals surface area contributed by atoms with Crippen molar-refractivity contribution < 1.29 is 22.7 Å². The lowest BCUT2D eigenvalue weighted by atomic mass is 10.2. The first-order valence-electron chi connectivity index (χ1n) is 9.62. The Morgan fingerprint density at radius 1 is 0.839 bits per heavy atom. The van der Waals surface area contributed by atoms with Crippen LogP contribution in [-0.4, -0.2) is 28.0 Å². The van der Waals surface area contributed by atoms with Crippen LogP contribution in [0.15, 0.2) is 77.7 Å². The van der Waals surface area contributed by atoms with Crippen molar-refractivity contribution in [2.75, 3.05) is 23.8 Å². The van der Waals surface area contributed by atoms with E-state index in [0.717, 1.165) is 5.56 Å². The molecule has 0 saturated carbocycles. The number of carbonyl (C=O) groups excluding carboxylic acids is 1. The van der Waals surface area contributed by atoms with E-state index < -0.39 is 10.0 Å². The molecule has 0 saturated heterocycles. The maximum atomic E-state index is 12.5. The van der Waals surface area contributed by atoms with Gasteiger partial charge in [0.05, 0.1) is 25.0 Å². The van der Waals surface area contributed by atoms with Crippen LogP contribution in [-0.2, 0) is 14.8 Å². The quantitative estimate of drug-likeness (QED) is 0.520. The average Bonchev–Trinajstić information content (AvgIpc) is 2.76. The summed E-state index contributed by atoms with van der Waals surface area (Å²) in [6, 6.07) is 20.1. The third-order valence-electron chi connectivity index (χ3n) is 4.41. The van der Waals surface area contributed by atoms with Crippen LogP contribution < -0.4 is 19.5 Å². The Kier molecular flexibility index (Phi) is 7.15. The number of rotatable bonds is 9. The van der Waals surface area contributed by atoms with E-state index in [1.54, 1.807) is 36.4 Å². The summed E-state index contributed by atoms with van der Waals surface area (Å²) in [6.45, 7) is 2.23. The number of aryl methyl sites for hydroxylation is 1. The van der Waals surface area contributed by atoms with E-state index in [-0.39, 0.29) is 23.8 Å². The van der Waals surface area contributed by atoms with Gasteiger partial charge in [-0.2, -0.15) is 0 Å². The molecule has 1 amide bonds. The van der Waals surface area contributed by atoms with Gasteiger partial charge in [-0.15, -0.1) is 0 Å². The van der Waals surface area contributed by atoms with E-state index in [4.69, 9.17) is 9.47 Å². The summed E-state index contributed by atoms with van der Waals surface area (Å²) in [5.41, 5.74) is 2.06. The van der Waals surface area contributed by atoms with E-state index in [2.05, 4.69) is 10.0 Å². The number of sulfonamides is 1. The minimum absolute atomic E-state index is 0.0871. The minimum Gasteiger partial charge on any atom is -0.497 e. The van der Waals surface area contributed by atoms with Gasteiger partial charge >= 0.3 is 0 Å². The summed E-state index contributed by atoms with van der Waals surface area (Å²) < 4.78 is 38.2. The second-order valence-electron chi connectivity index (χ2n) is 6.82. The lowest BCUT2D eigenvalue weighted by molar-refractivity contribution is -0.116. The van der Waals surface area contributed by atoms with Crippen LogP contribution in [0.25, 0.3) is 0 Å². The van der Waals surface area contributed by atoms with Crippen LogP contribution in [0.4, 0.5) is 11.4 Å². The lowest BCUT2D eigenvalue weighted by Gasteiger charge is -2.10. The van der Waals surface area contributed by atoms with Crippen molar-refractivity contribution in [3.05, 3.63) is 78.4 Å². The van der Waals surface area contributed by atoms with E-state index in [1.165, 1.54) is 19.2 Å². The topological polar surface area (TPSA) is 93.7 Å². The number of hydrogen-bond donors (Lipinski definition) is 2. The highest BCUT2D eigenvalue weighted by molar-refractivity contribution is 7.92. The molecule has 0 fully saturated rings. The van der Waals surface area contributed by atoms with Gasteiger partial charge in [0.1, 0.15) is 11.5 Å². The molecule has 162 valence electrons. The van der Waals surface area contributed by atoms with Gasteiger partial charge in [0.25, 0.3) is 10.0 Å². The molecule has 0 aliphatic carbocycles. The number of nitrogens with one attached hydrogen (secondary N) is 2. The third kappa shape index (κ3) is 6.48. The summed E-state index contributed by atoms with van der Waals surface area (Å²) in [4.78, 5) is 12.2. The summed E-state index contributed by atoms with van der Waals surface area (Å²) >= 11 is 0. The smallest absolute Gasteiger partial charge is 0.261 e. The van der Waals surface area contributed by atoms with Gasteiger partial charge in [-0.3, -0.25) is 9.52 Å². The molecular formula is C23H24N2O5S. The Morgan fingerprint density at radius 2 is 1.42 bits per heavy atom. The number of amides is 1. The van der Waals surface area contributed by atoms with Gasteiger partial charge in [-0.1, -0.05) is 17.7 Å². The molecule has 0 radical (unpaired) electrons. The van der Waals surface area contributed by atoms with Gasteiger partial charge in [-0.25, -0.2) is 8.42 Å². The molecule has 3 rings (SSSR count). The fraction of sp³-hybridized carbons (Fsp3) is 0.174. The van der Waals surface area contributed by atoms with Crippen molar-refractivity contribution in [3.8, 4) is 11.5 Å². The van der Waals surface area contributed by atoms with Crippen molar-refractivity contribution in [1.82, 2.24) is 0 Å². The first kappa shape index (κ1) is 22.2. The number of methoxy groups -OCH3 is 1. The Hall–Kier alpha value is -3.52. The molecular weight excluding hydrogens is 416 g/mol. The molecule has 0 atom stereocenters. The summed E-state index contributed by atoms with van der Waals surface area (Å²) in [7, 11) is -2.21. The highest BCUT2D eigenvalue weighted by atomic mass is 32.2. The van der Waals surface area contributed by atoms with Crippen molar-refractivity contribution in [3.63, 3.8) is 0 Å². The van der Waals surface area contributed by atoms with Crippen molar-refractivity contribution in [2.45, 2.75) is 18.2 Å². The molecule has 2 N–H and O–H groups in total. The zero-order valence-corrected chi connectivity index (χ0v) is 18.1. The normalized spacial score (nSPS) is 10.9. The highest BCUT2D eigenvalue weighted by Crippen LogP contribution is 2.20. The van der Waals surface area contributed by atoms with Gasteiger partial charge in [-0.05, 0) is 67.6 Å². The van der Waals surface area contributed by atoms with Crippen molar-refractivity contribution in [1.29, 1.82) is 0 Å². The molecule has 7 nitrogen and oxygen atoms in total. The second kappa shape index (κ2) is 9.99. The van der Waals surface area contributed by atoms with E-state index in [1.807, 2.05) is 31.2 Å². The molecule has 3 aromatic carbocycles. The zero-order valence-electron chi connectivity index (χ0n) is 17.3. The van der Waals surface area contributed by atoms with Gasteiger partial charge in [0, 0.05) is 11.4 Å². The van der Waals surface area contributed by atoms with Crippen LogP contribution in [0.2, 0.25) is 0 Å². The van der Waals surface area contributed by atoms with Crippen LogP contribution in [0.1, 0.15) is 12.0 Å². The van der Waals surface area contributed by atoms with Crippen LogP contribution >= 0.6 is 0 Å². The number of ether oxygens (including phenoxy) is 2. The van der Waals surface area contributed by atoms with E-state index in [0.29, 0.717) is 22.9 Å². The number of carbonyl (C=O) groups is 1. The van der Waals surface area contributed by atoms with Crippen LogP contribution in [0.5, 0.6) is 11.5 Å². The molecule has 0 aliphatic rings. The number of benzene rings is 3. The third-order valence-corrected chi connectivity index (χ3v) is 5.81. The average molecular weight is 441 g/mol. The molecule has 0 bridgehead atoms. The van der Waals surface area contributed by atoms with E-state index >= 15 is 0 Å². The largest absolute Gasteiger partial charge is 0.497 e. The fourth-order valence-electron chi connectivity index (χ4n) is 2.71. The zero-order chi connectivity index (χ0) is 22.3. The predicted octanol–water partition coefficient (Wildman–Crippen LogP) is 4.21. The minimum atomic E-state index is -3.75. The summed E-state index contributed by atoms with van der Waals surface area (Å²) in [6.07, 6.45) is 0.174.